The molecule has 0 aromatic rings. The van der Waals surface area contributed by atoms with Gasteiger partial charge in [-0.3, -0.25) is 9.79 Å². The van der Waals surface area contributed by atoms with Gasteiger partial charge in [-0.25, -0.2) is 0 Å². The molecule has 2 rings (SSSR count). The van der Waals surface area contributed by atoms with E-state index >= 15 is 0 Å². The van der Waals surface area contributed by atoms with Crippen LogP contribution < -0.4 is 16.0 Å². The molecule has 1 unspecified atom stereocenters. The molecular formula is C15H28N4O2. The molecule has 6 nitrogen and oxygen atoms in total. The van der Waals surface area contributed by atoms with Gasteiger partial charge in [0.1, 0.15) is 0 Å². The second kappa shape index (κ2) is 7.64. The Labute approximate surface area is 127 Å². The van der Waals surface area contributed by atoms with Gasteiger partial charge >= 0.3 is 0 Å². The summed E-state index contributed by atoms with van der Waals surface area (Å²) in [4.78, 5) is 16.1. The highest BCUT2D eigenvalue weighted by Gasteiger charge is 2.30. The number of amides is 1. The van der Waals surface area contributed by atoms with Crippen molar-refractivity contribution in [2.24, 2.45) is 10.9 Å². The fourth-order valence-corrected chi connectivity index (χ4v) is 2.41. The second-order valence-electron chi connectivity index (χ2n) is 6.09. The van der Waals surface area contributed by atoms with Crippen LogP contribution in [0.5, 0.6) is 0 Å². The molecule has 0 spiro atoms. The summed E-state index contributed by atoms with van der Waals surface area (Å²) in [6.07, 6.45) is 4.26. The Morgan fingerprint density at radius 1 is 1.29 bits per heavy atom. The van der Waals surface area contributed by atoms with Crippen LogP contribution in [-0.4, -0.2) is 50.3 Å². The molecule has 0 aromatic heterocycles. The van der Waals surface area contributed by atoms with Crippen molar-refractivity contribution >= 4 is 11.9 Å². The number of nitrogens with one attached hydrogen (secondary N) is 3. The molecular weight excluding hydrogens is 268 g/mol. The highest BCUT2D eigenvalue weighted by molar-refractivity contribution is 5.81. The molecule has 21 heavy (non-hydrogen) atoms. The quantitative estimate of drug-likeness (QED) is 0.366. The Hall–Kier alpha value is -1.30. The van der Waals surface area contributed by atoms with Crippen LogP contribution in [0, 0.1) is 5.92 Å². The van der Waals surface area contributed by atoms with Crippen molar-refractivity contribution in [3.8, 4) is 0 Å². The number of nitrogens with zero attached hydrogens (tertiary/aromatic N) is 1. The molecule has 2 fully saturated rings. The standard InChI is InChI=1S/C15H28N4O2/c1-3-16-14(19-11-15(2)7-4-10-21-15)18-9-8-17-13(20)12-5-6-12/h12H,3-11H2,1-2H3,(H,17,20)(H2,16,18,19). The van der Waals surface area contributed by atoms with Gasteiger partial charge in [0.2, 0.25) is 5.91 Å². The molecule has 120 valence electrons. The molecule has 1 saturated heterocycles. The average Bonchev–Trinajstić information content (AvgIpc) is 3.23. The predicted octanol–water partition coefficient (Wildman–Crippen LogP) is 0.637. The van der Waals surface area contributed by atoms with E-state index in [1.165, 1.54) is 0 Å². The van der Waals surface area contributed by atoms with E-state index in [9.17, 15) is 4.79 Å². The second-order valence-corrected chi connectivity index (χ2v) is 6.09. The Morgan fingerprint density at radius 3 is 2.67 bits per heavy atom. The van der Waals surface area contributed by atoms with Crippen LogP contribution in [0.3, 0.4) is 0 Å². The lowest BCUT2D eigenvalue weighted by Crippen LogP contribution is -2.42. The number of ether oxygens (including phenoxy) is 1. The molecule has 3 N–H and O–H groups in total. The lowest BCUT2D eigenvalue weighted by atomic mass is 10.0. The van der Waals surface area contributed by atoms with Crippen molar-refractivity contribution < 1.29 is 9.53 Å². The van der Waals surface area contributed by atoms with Crippen LogP contribution in [0.4, 0.5) is 0 Å². The van der Waals surface area contributed by atoms with Gasteiger partial charge in [-0.2, -0.15) is 0 Å². The average molecular weight is 296 g/mol. The summed E-state index contributed by atoms with van der Waals surface area (Å²) >= 11 is 0. The normalized spacial score (nSPS) is 25.7. The summed E-state index contributed by atoms with van der Waals surface area (Å²) in [5.41, 5.74) is -0.122. The van der Waals surface area contributed by atoms with Gasteiger partial charge in [0.15, 0.2) is 5.96 Å². The van der Waals surface area contributed by atoms with E-state index in [-0.39, 0.29) is 17.4 Å². The lowest BCUT2D eigenvalue weighted by Gasteiger charge is -2.21. The van der Waals surface area contributed by atoms with Crippen LogP contribution in [0.25, 0.3) is 0 Å². The molecule has 2 aliphatic rings. The fraction of sp³-hybridized carbons (Fsp3) is 0.867. The molecule has 1 aliphatic carbocycles. The van der Waals surface area contributed by atoms with Crippen molar-refractivity contribution in [3.63, 3.8) is 0 Å². The molecule has 1 atom stereocenters. The minimum atomic E-state index is -0.122. The zero-order valence-corrected chi connectivity index (χ0v) is 13.2. The Balaban J connectivity index is 1.68. The summed E-state index contributed by atoms with van der Waals surface area (Å²) in [6.45, 7) is 7.79. The van der Waals surface area contributed by atoms with E-state index in [4.69, 9.17) is 4.74 Å². The number of rotatable bonds is 7. The third-order valence-corrected chi connectivity index (χ3v) is 3.88. The van der Waals surface area contributed by atoms with Gasteiger partial charge in [0, 0.05) is 32.2 Å². The van der Waals surface area contributed by atoms with Crippen molar-refractivity contribution in [1.29, 1.82) is 0 Å². The predicted molar refractivity (Wildman–Crippen MR) is 83.3 cm³/mol. The van der Waals surface area contributed by atoms with Gasteiger partial charge in [0.05, 0.1) is 12.1 Å². The van der Waals surface area contributed by atoms with Gasteiger partial charge in [-0.05, 0) is 39.5 Å². The largest absolute Gasteiger partial charge is 0.373 e. The number of carbonyl (C=O) groups is 1. The Kier molecular flexibility index (Phi) is 5.85. The molecule has 6 heteroatoms. The molecule has 0 bridgehead atoms. The van der Waals surface area contributed by atoms with E-state index < -0.39 is 0 Å². The van der Waals surface area contributed by atoms with Gasteiger partial charge in [-0.15, -0.1) is 0 Å². The summed E-state index contributed by atoms with van der Waals surface area (Å²) < 4.78 is 5.74. The minimum absolute atomic E-state index is 0.122. The van der Waals surface area contributed by atoms with E-state index in [1.54, 1.807) is 0 Å². The van der Waals surface area contributed by atoms with E-state index in [0.29, 0.717) is 19.6 Å². The number of hydrogen-bond donors (Lipinski definition) is 3. The maximum atomic E-state index is 11.5. The van der Waals surface area contributed by atoms with Crippen molar-refractivity contribution in [1.82, 2.24) is 16.0 Å². The third-order valence-electron chi connectivity index (χ3n) is 3.88. The minimum Gasteiger partial charge on any atom is -0.373 e. The summed E-state index contributed by atoms with van der Waals surface area (Å²) in [7, 11) is 0. The first-order chi connectivity index (χ1) is 10.1. The van der Waals surface area contributed by atoms with Crippen LogP contribution in [-0.2, 0) is 9.53 Å². The summed E-state index contributed by atoms with van der Waals surface area (Å²) in [5.74, 6) is 1.24. The van der Waals surface area contributed by atoms with Crippen molar-refractivity contribution in [2.75, 3.05) is 32.8 Å². The van der Waals surface area contributed by atoms with E-state index in [0.717, 1.165) is 44.8 Å². The maximum Gasteiger partial charge on any atom is 0.223 e. The molecule has 0 aromatic carbocycles. The van der Waals surface area contributed by atoms with Crippen molar-refractivity contribution in [3.05, 3.63) is 0 Å². The first kappa shape index (κ1) is 16.1. The van der Waals surface area contributed by atoms with Gasteiger partial charge in [0.25, 0.3) is 0 Å². The number of hydrogen-bond acceptors (Lipinski definition) is 3. The molecule has 1 amide bonds. The Bertz CT molecular complexity index is 374. The lowest BCUT2D eigenvalue weighted by molar-refractivity contribution is -0.122. The summed E-state index contributed by atoms with van der Waals surface area (Å²) in [6, 6.07) is 0. The molecule has 0 radical (unpaired) electrons. The molecule has 1 saturated carbocycles. The number of guanidine groups is 1. The monoisotopic (exact) mass is 296 g/mol. The smallest absolute Gasteiger partial charge is 0.223 e. The first-order valence-corrected chi connectivity index (χ1v) is 8.07. The Morgan fingerprint density at radius 2 is 2.05 bits per heavy atom. The SMILES string of the molecule is CCNC(=NCC1(C)CCCO1)NCCNC(=O)C1CC1. The van der Waals surface area contributed by atoms with Crippen LogP contribution >= 0.6 is 0 Å². The highest BCUT2D eigenvalue weighted by Crippen LogP contribution is 2.28. The first-order valence-electron chi connectivity index (χ1n) is 8.07. The molecule has 1 heterocycles. The molecule has 1 aliphatic heterocycles. The fourth-order valence-electron chi connectivity index (χ4n) is 2.41. The van der Waals surface area contributed by atoms with Gasteiger partial charge < -0.3 is 20.7 Å². The topological polar surface area (TPSA) is 74.8 Å². The van der Waals surface area contributed by atoms with Crippen LogP contribution in [0.2, 0.25) is 0 Å². The number of aliphatic imine (C=N–C) groups is 1. The third kappa shape index (κ3) is 5.53. The zero-order chi connectivity index (χ0) is 15.1. The van der Waals surface area contributed by atoms with Crippen LogP contribution in [0.15, 0.2) is 4.99 Å². The van der Waals surface area contributed by atoms with Gasteiger partial charge in [-0.1, -0.05) is 0 Å². The number of carbonyl (C=O) groups excluding carboxylic acids is 1. The van der Waals surface area contributed by atoms with Crippen molar-refractivity contribution in [2.45, 2.75) is 45.1 Å². The van der Waals surface area contributed by atoms with E-state index in [1.807, 2.05) is 6.92 Å². The zero-order valence-electron chi connectivity index (χ0n) is 13.2. The highest BCUT2D eigenvalue weighted by atomic mass is 16.5. The maximum absolute atomic E-state index is 11.5. The van der Waals surface area contributed by atoms with E-state index in [2.05, 4.69) is 27.9 Å². The van der Waals surface area contributed by atoms with Crippen LogP contribution in [0.1, 0.15) is 39.5 Å². The summed E-state index contributed by atoms with van der Waals surface area (Å²) in [5, 5.41) is 9.40.